The van der Waals surface area contributed by atoms with Crippen molar-refractivity contribution >= 4 is 23.7 Å². The molecule has 0 radical (unpaired) electrons. The van der Waals surface area contributed by atoms with Gasteiger partial charge in [-0.2, -0.15) is 0 Å². The van der Waals surface area contributed by atoms with E-state index in [0.29, 0.717) is 17.3 Å². The number of halogens is 1. The van der Waals surface area contributed by atoms with Crippen molar-refractivity contribution in [2.24, 2.45) is 0 Å². The molecular formula is C11H11FN4O2S. The van der Waals surface area contributed by atoms with Gasteiger partial charge in [0.15, 0.2) is 5.16 Å². The average Bonchev–Trinajstić information content (AvgIpc) is 2.68. The third-order valence-electron chi connectivity index (χ3n) is 2.30. The predicted molar refractivity (Wildman–Crippen MR) is 68.3 cm³/mol. The van der Waals surface area contributed by atoms with Crippen LogP contribution in [0.3, 0.4) is 0 Å². The van der Waals surface area contributed by atoms with E-state index in [0.717, 1.165) is 11.8 Å². The van der Waals surface area contributed by atoms with Gasteiger partial charge in [-0.25, -0.2) is 4.39 Å². The summed E-state index contributed by atoms with van der Waals surface area (Å²) in [6, 6.07) is 6.06. The van der Waals surface area contributed by atoms with Crippen LogP contribution in [0.25, 0.3) is 0 Å². The van der Waals surface area contributed by atoms with Crippen LogP contribution < -0.4 is 5.73 Å². The van der Waals surface area contributed by atoms with Gasteiger partial charge in [0.25, 0.3) is 0 Å². The number of thioether (sulfide) groups is 1. The first-order chi connectivity index (χ1) is 9.06. The second-order valence-corrected chi connectivity index (χ2v) is 4.68. The lowest BCUT2D eigenvalue weighted by Gasteiger charge is -2.07. The molecule has 0 fully saturated rings. The Bertz CT molecular complexity index is 602. The summed E-state index contributed by atoms with van der Waals surface area (Å²) in [5.41, 5.74) is 6.37. The molecule has 0 saturated heterocycles. The van der Waals surface area contributed by atoms with Crippen molar-refractivity contribution in [2.75, 3.05) is 11.5 Å². The number of nitrogens with zero attached hydrogens (tertiary/aromatic N) is 3. The Labute approximate surface area is 112 Å². The molecule has 0 amide bonds. The molecule has 6 nitrogen and oxygen atoms in total. The zero-order valence-corrected chi connectivity index (χ0v) is 10.6. The van der Waals surface area contributed by atoms with Crippen LogP contribution in [0.5, 0.6) is 0 Å². The van der Waals surface area contributed by atoms with Crippen molar-refractivity contribution in [1.82, 2.24) is 14.8 Å². The minimum Gasteiger partial charge on any atom is -0.481 e. The molecule has 2 aromatic rings. The molecular weight excluding hydrogens is 271 g/mol. The normalized spacial score (nSPS) is 10.6. The maximum Gasteiger partial charge on any atom is 0.313 e. The number of nitrogens with two attached hydrogens (primary N) is 1. The van der Waals surface area contributed by atoms with E-state index in [2.05, 4.69) is 10.2 Å². The number of anilines is 1. The van der Waals surface area contributed by atoms with Crippen molar-refractivity contribution in [3.05, 3.63) is 35.6 Å². The minimum atomic E-state index is -0.955. The highest BCUT2D eigenvalue weighted by Crippen LogP contribution is 2.19. The molecule has 0 saturated carbocycles. The fourth-order valence-corrected chi connectivity index (χ4v) is 2.16. The summed E-state index contributed by atoms with van der Waals surface area (Å²) in [7, 11) is 0. The molecule has 0 unspecified atom stereocenters. The standard InChI is InChI=1S/C11H11FN4O2S/c12-8-3-1-2-7(4-8)5-16-10(13)14-15-11(16)19-6-9(17)18/h1-4H,5-6H2,(H2,13,14)(H,17,18). The largest absolute Gasteiger partial charge is 0.481 e. The molecule has 19 heavy (non-hydrogen) atoms. The number of aliphatic carboxylic acids is 1. The van der Waals surface area contributed by atoms with E-state index < -0.39 is 5.97 Å². The van der Waals surface area contributed by atoms with Gasteiger partial charge in [0.05, 0.1) is 12.3 Å². The molecule has 8 heteroatoms. The topological polar surface area (TPSA) is 94.0 Å². The molecule has 100 valence electrons. The Morgan fingerprint density at radius 3 is 2.95 bits per heavy atom. The van der Waals surface area contributed by atoms with Gasteiger partial charge in [0, 0.05) is 0 Å². The number of benzene rings is 1. The van der Waals surface area contributed by atoms with Crippen LogP contribution in [0.2, 0.25) is 0 Å². The van der Waals surface area contributed by atoms with Gasteiger partial charge in [-0.3, -0.25) is 9.36 Å². The summed E-state index contributed by atoms with van der Waals surface area (Å²) in [6.07, 6.45) is 0. The van der Waals surface area contributed by atoms with E-state index in [1.54, 1.807) is 16.7 Å². The number of nitrogen functional groups attached to an aromatic ring is 1. The fraction of sp³-hybridized carbons (Fsp3) is 0.182. The molecule has 0 aliphatic heterocycles. The molecule has 1 heterocycles. The number of rotatable bonds is 5. The van der Waals surface area contributed by atoms with E-state index in [9.17, 15) is 9.18 Å². The molecule has 0 aliphatic carbocycles. The predicted octanol–water partition coefficient (Wildman–Crippen LogP) is 1.22. The zero-order valence-electron chi connectivity index (χ0n) is 9.78. The molecule has 0 atom stereocenters. The first kappa shape index (κ1) is 13.3. The number of carboxylic acids is 1. The quantitative estimate of drug-likeness (QED) is 0.801. The van der Waals surface area contributed by atoms with Crippen molar-refractivity contribution < 1.29 is 14.3 Å². The van der Waals surface area contributed by atoms with Crippen LogP contribution in [0, 0.1) is 5.82 Å². The van der Waals surface area contributed by atoms with Gasteiger partial charge in [-0.1, -0.05) is 23.9 Å². The highest BCUT2D eigenvalue weighted by molar-refractivity contribution is 7.99. The molecule has 0 spiro atoms. The lowest BCUT2D eigenvalue weighted by atomic mass is 10.2. The van der Waals surface area contributed by atoms with E-state index in [4.69, 9.17) is 10.8 Å². The lowest BCUT2D eigenvalue weighted by Crippen LogP contribution is -2.07. The third kappa shape index (κ3) is 3.44. The van der Waals surface area contributed by atoms with Crippen LogP contribution in [-0.2, 0) is 11.3 Å². The monoisotopic (exact) mass is 282 g/mol. The Kier molecular flexibility index (Phi) is 4.00. The molecule has 1 aromatic carbocycles. The number of aromatic nitrogens is 3. The molecule has 1 aromatic heterocycles. The highest BCUT2D eigenvalue weighted by Gasteiger charge is 2.12. The number of carboxylic acid groups (broad SMARTS) is 1. The van der Waals surface area contributed by atoms with Gasteiger partial charge in [-0.05, 0) is 17.7 Å². The minimum absolute atomic E-state index is 0.138. The summed E-state index contributed by atoms with van der Waals surface area (Å²) >= 11 is 1.02. The van der Waals surface area contributed by atoms with Crippen molar-refractivity contribution in [3.8, 4) is 0 Å². The van der Waals surface area contributed by atoms with Gasteiger partial charge in [-0.15, -0.1) is 10.2 Å². The van der Waals surface area contributed by atoms with Crippen LogP contribution in [0.15, 0.2) is 29.4 Å². The maximum absolute atomic E-state index is 13.1. The van der Waals surface area contributed by atoms with Gasteiger partial charge < -0.3 is 10.8 Å². The van der Waals surface area contributed by atoms with Crippen LogP contribution in [0.1, 0.15) is 5.56 Å². The van der Waals surface area contributed by atoms with Gasteiger partial charge in [0.1, 0.15) is 5.82 Å². The Morgan fingerprint density at radius 2 is 2.26 bits per heavy atom. The fourth-order valence-electron chi connectivity index (χ4n) is 1.50. The number of hydrogen-bond acceptors (Lipinski definition) is 5. The second kappa shape index (κ2) is 5.70. The van der Waals surface area contributed by atoms with E-state index in [1.807, 2.05) is 0 Å². The summed E-state index contributed by atoms with van der Waals surface area (Å²) < 4.78 is 14.6. The summed E-state index contributed by atoms with van der Waals surface area (Å²) in [4.78, 5) is 10.5. The Hall–Kier alpha value is -2.09. The SMILES string of the molecule is Nc1nnc(SCC(=O)O)n1Cc1cccc(F)c1. The maximum atomic E-state index is 13.1. The first-order valence-corrected chi connectivity index (χ1v) is 6.32. The Balaban J connectivity index is 2.19. The number of hydrogen-bond donors (Lipinski definition) is 2. The lowest BCUT2D eigenvalue weighted by molar-refractivity contribution is -0.133. The summed E-state index contributed by atoms with van der Waals surface area (Å²) in [6.45, 7) is 0.290. The second-order valence-electron chi connectivity index (χ2n) is 3.74. The van der Waals surface area contributed by atoms with Crippen molar-refractivity contribution in [3.63, 3.8) is 0 Å². The van der Waals surface area contributed by atoms with E-state index >= 15 is 0 Å². The van der Waals surface area contributed by atoms with E-state index in [1.165, 1.54) is 12.1 Å². The molecule has 0 aliphatic rings. The van der Waals surface area contributed by atoms with Crippen molar-refractivity contribution in [2.45, 2.75) is 11.7 Å². The van der Waals surface area contributed by atoms with Gasteiger partial charge in [0.2, 0.25) is 5.95 Å². The van der Waals surface area contributed by atoms with Crippen molar-refractivity contribution in [1.29, 1.82) is 0 Å². The third-order valence-corrected chi connectivity index (χ3v) is 3.25. The first-order valence-electron chi connectivity index (χ1n) is 5.34. The summed E-state index contributed by atoms with van der Waals surface area (Å²) in [5.74, 6) is -1.27. The highest BCUT2D eigenvalue weighted by atomic mass is 32.2. The molecule has 2 rings (SSSR count). The van der Waals surface area contributed by atoms with Crippen LogP contribution in [0.4, 0.5) is 10.3 Å². The molecule has 3 N–H and O–H groups in total. The summed E-state index contributed by atoms with van der Waals surface area (Å²) in [5, 5.41) is 16.5. The van der Waals surface area contributed by atoms with Crippen LogP contribution >= 0.6 is 11.8 Å². The van der Waals surface area contributed by atoms with Gasteiger partial charge >= 0.3 is 5.97 Å². The Morgan fingerprint density at radius 1 is 1.47 bits per heavy atom. The van der Waals surface area contributed by atoms with Crippen LogP contribution in [-0.4, -0.2) is 31.6 Å². The average molecular weight is 282 g/mol. The molecule has 0 bridgehead atoms. The zero-order chi connectivity index (χ0) is 13.8. The smallest absolute Gasteiger partial charge is 0.313 e. The number of carbonyl (C=O) groups is 1. The van der Waals surface area contributed by atoms with E-state index in [-0.39, 0.29) is 17.5 Å².